The lowest BCUT2D eigenvalue weighted by atomic mass is 9.81. The van der Waals surface area contributed by atoms with Crippen LogP contribution in [0, 0.1) is 5.82 Å². The van der Waals surface area contributed by atoms with Gasteiger partial charge in [-0.3, -0.25) is 0 Å². The highest BCUT2D eigenvalue weighted by Gasteiger charge is 2.29. The van der Waals surface area contributed by atoms with Gasteiger partial charge in [-0.2, -0.15) is 0 Å². The summed E-state index contributed by atoms with van der Waals surface area (Å²) in [5, 5.41) is 7.48. The Morgan fingerprint density at radius 3 is 1.90 bits per heavy atom. The van der Waals surface area contributed by atoms with Crippen molar-refractivity contribution in [3.05, 3.63) is 107 Å². The summed E-state index contributed by atoms with van der Waals surface area (Å²) in [7, 11) is 0. The largest absolute Gasteiger partial charge is 0.312 e. The van der Waals surface area contributed by atoms with Crippen molar-refractivity contribution >= 4 is 24.8 Å². The third kappa shape index (κ3) is 7.05. The first-order valence-electron chi connectivity index (χ1n) is 10.6. The molecule has 1 heterocycles. The highest BCUT2D eigenvalue weighted by atomic mass is 35.5. The van der Waals surface area contributed by atoms with E-state index in [9.17, 15) is 4.39 Å². The van der Waals surface area contributed by atoms with Crippen molar-refractivity contribution in [3.8, 4) is 0 Å². The average Bonchev–Trinajstić information content (AvgIpc) is 2.78. The summed E-state index contributed by atoms with van der Waals surface area (Å²) in [5.41, 5.74) is 3.92. The Morgan fingerprint density at radius 1 is 0.806 bits per heavy atom. The van der Waals surface area contributed by atoms with Crippen molar-refractivity contribution in [2.45, 2.75) is 37.3 Å². The first-order valence-corrected chi connectivity index (χ1v) is 10.6. The molecule has 3 aromatic carbocycles. The van der Waals surface area contributed by atoms with Gasteiger partial charge < -0.3 is 10.6 Å². The van der Waals surface area contributed by atoms with E-state index in [4.69, 9.17) is 0 Å². The molecule has 0 aromatic heterocycles. The van der Waals surface area contributed by atoms with Gasteiger partial charge in [-0.25, -0.2) is 4.39 Å². The van der Waals surface area contributed by atoms with Crippen LogP contribution in [-0.2, 0) is 6.42 Å². The van der Waals surface area contributed by atoms with Crippen LogP contribution >= 0.6 is 24.8 Å². The topological polar surface area (TPSA) is 24.1 Å². The quantitative estimate of drug-likeness (QED) is 0.468. The van der Waals surface area contributed by atoms with Crippen molar-refractivity contribution in [1.82, 2.24) is 10.6 Å². The Kier molecular flexibility index (Phi) is 10.5. The van der Waals surface area contributed by atoms with Crippen LogP contribution in [0.1, 0.15) is 35.4 Å². The molecule has 0 saturated carbocycles. The van der Waals surface area contributed by atoms with E-state index in [-0.39, 0.29) is 30.6 Å². The highest BCUT2D eigenvalue weighted by Crippen LogP contribution is 2.31. The molecule has 2 atom stereocenters. The third-order valence-electron chi connectivity index (χ3n) is 5.93. The van der Waals surface area contributed by atoms with Crippen LogP contribution in [0.25, 0.3) is 0 Å². The van der Waals surface area contributed by atoms with Crippen LogP contribution in [0.4, 0.5) is 4.39 Å². The predicted molar refractivity (Wildman–Crippen MR) is 132 cm³/mol. The molecule has 1 aliphatic rings. The molecule has 0 amide bonds. The van der Waals surface area contributed by atoms with E-state index in [0.717, 1.165) is 32.4 Å². The fraction of sp³-hybridized carbons (Fsp3) is 0.308. The molecular weight excluding hydrogens is 430 g/mol. The maximum Gasteiger partial charge on any atom is 0.123 e. The van der Waals surface area contributed by atoms with Gasteiger partial charge >= 0.3 is 0 Å². The fourth-order valence-electron chi connectivity index (χ4n) is 4.39. The second-order valence-electron chi connectivity index (χ2n) is 7.92. The second-order valence-corrected chi connectivity index (χ2v) is 7.92. The van der Waals surface area contributed by atoms with Gasteiger partial charge in [-0.15, -0.1) is 24.8 Å². The summed E-state index contributed by atoms with van der Waals surface area (Å²) < 4.78 is 13.0. The van der Waals surface area contributed by atoms with Gasteiger partial charge in [0, 0.05) is 24.5 Å². The van der Waals surface area contributed by atoms with E-state index in [0.29, 0.717) is 18.0 Å². The third-order valence-corrected chi connectivity index (χ3v) is 5.93. The first kappa shape index (κ1) is 25.4. The van der Waals surface area contributed by atoms with Gasteiger partial charge in [0.25, 0.3) is 0 Å². The summed E-state index contributed by atoms with van der Waals surface area (Å²) in [6.07, 6.45) is 3.23. The molecule has 0 spiro atoms. The molecule has 166 valence electrons. The lowest BCUT2D eigenvalue weighted by Crippen LogP contribution is -2.50. The summed E-state index contributed by atoms with van der Waals surface area (Å²) in [6, 6.07) is 29.4. The normalized spacial score (nSPS) is 18.1. The molecular formula is C26H31Cl2FN2. The van der Waals surface area contributed by atoms with Crippen LogP contribution < -0.4 is 10.6 Å². The lowest BCUT2D eigenvalue weighted by molar-refractivity contribution is 0.309. The van der Waals surface area contributed by atoms with Crippen molar-refractivity contribution in [2.75, 3.05) is 13.1 Å². The number of nitrogens with one attached hydrogen (secondary N) is 2. The van der Waals surface area contributed by atoms with E-state index < -0.39 is 0 Å². The number of halogens is 3. The summed E-state index contributed by atoms with van der Waals surface area (Å²) in [6.45, 7) is 1.90. The Balaban J connectivity index is 0.00000171. The zero-order valence-corrected chi connectivity index (χ0v) is 19.2. The zero-order chi connectivity index (χ0) is 19.9. The Bertz CT molecular complexity index is 827. The molecule has 2 nitrogen and oxygen atoms in total. The Morgan fingerprint density at radius 2 is 1.39 bits per heavy atom. The van der Waals surface area contributed by atoms with Gasteiger partial charge in [-0.1, -0.05) is 72.8 Å². The maximum absolute atomic E-state index is 13.0. The number of hydrogen-bond acceptors (Lipinski definition) is 2. The van der Waals surface area contributed by atoms with Crippen LogP contribution in [0.15, 0.2) is 84.9 Å². The minimum Gasteiger partial charge on any atom is -0.312 e. The number of hydrogen-bond donors (Lipinski definition) is 2. The fourth-order valence-corrected chi connectivity index (χ4v) is 4.39. The molecule has 0 aliphatic carbocycles. The van der Waals surface area contributed by atoms with E-state index in [1.807, 2.05) is 12.1 Å². The van der Waals surface area contributed by atoms with E-state index in [1.165, 1.54) is 28.8 Å². The lowest BCUT2D eigenvalue weighted by Gasteiger charge is -2.36. The van der Waals surface area contributed by atoms with Gasteiger partial charge in [0.15, 0.2) is 0 Å². The van der Waals surface area contributed by atoms with Crippen LogP contribution in [0.3, 0.4) is 0 Å². The van der Waals surface area contributed by atoms with Crippen molar-refractivity contribution in [2.24, 2.45) is 0 Å². The van der Waals surface area contributed by atoms with Crippen molar-refractivity contribution < 1.29 is 4.39 Å². The van der Waals surface area contributed by atoms with Crippen molar-refractivity contribution in [3.63, 3.8) is 0 Å². The molecule has 3 aromatic rings. The number of rotatable bonds is 7. The monoisotopic (exact) mass is 460 g/mol. The second kappa shape index (κ2) is 12.8. The summed E-state index contributed by atoms with van der Waals surface area (Å²) >= 11 is 0. The predicted octanol–water partition coefficient (Wildman–Crippen LogP) is 5.75. The van der Waals surface area contributed by atoms with E-state index in [1.54, 1.807) is 0 Å². The van der Waals surface area contributed by atoms with Gasteiger partial charge in [0.2, 0.25) is 0 Å². The molecule has 5 heteroatoms. The molecule has 2 N–H and O–H groups in total. The van der Waals surface area contributed by atoms with E-state index in [2.05, 4.69) is 71.3 Å². The zero-order valence-electron chi connectivity index (χ0n) is 17.5. The van der Waals surface area contributed by atoms with Gasteiger partial charge in [-0.05, 0) is 54.6 Å². The molecule has 0 bridgehead atoms. The van der Waals surface area contributed by atoms with Gasteiger partial charge in [0.05, 0.1) is 0 Å². The smallest absolute Gasteiger partial charge is 0.123 e. The molecule has 1 saturated heterocycles. The molecule has 31 heavy (non-hydrogen) atoms. The van der Waals surface area contributed by atoms with Crippen LogP contribution in [-0.4, -0.2) is 25.2 Å². The van der Waals surface area contributed by atoms with Crippen molar-refractivity contribution in [1.29, 1.82) is 0 Å². The summed E-state index contributed by atoms with van der Waals surface area (Å²) in [5.74, 6) is 0.202. The Hall–Kier alpha value is -1.91. The van der Waals surface area contributed by atoms with Gasteiger partial charge in [0.1, 0.15) is 5.82 Å². The molecule has 1 fully saturated rings. The Labute approximate surface area is 197 Å². The van der Waals surface area contributed by atoms with E-state index >= 15 is 0 Å². The molecule has 0 radical (unpaired) electrons. The molecule has 4 rings (SSSR count). The average molecular weight is 461 g/mol. The van der Waals surface area contributed by atoms with Crippen LogP contribution in [0.5, 0.6) is 0 Å². The SMILES string of the molecule is Cl.Cl.Fc1ccc(CCNC2CCC(C(c3ccccc3)c3ccccc3)NC2)cc1. The molecule has 1 aliphatic heterocycles. The highest BCUT2D eigenvalue weighted by molar-refractivity contribution is 5.85. The summed E-state index contributed by atoms with van der Waals surface area (Å²) in [4.78, 5) is 0. The number of piperidine rings is 1. The minimum absolute atomic E-state index is 0. The number of benzene rings is 3. The minimum atomic E-state index is -0.171. The maximum atomic E-state index is 13.0. The standard InChI is InChI=1S/C26H29FN2.2ClH/c27-23-13-11-20(12-14-23)17-18-28-24-15-16-25(29-19-24)26(21-7-3-1-4-8-21)22-9-5-2-6-10-22;;/h1-14,24-26,28-29H,15-19H2;2*1H. The van der Waals surface area contributed by atoms with Crippen LogP contribution in [0.2, 0.25) is 0 Å². The first-order chi connectivity index (χ1) is 14.3. The molecule has 2 unspecified atom stereocenters.